The van der Waals surface area contributed by atoms with Crippen LogP contribution in [0.5, 0.6) is 5.75 Å². The predicted molar refractivity (Wildman–Crippen MR) is 91.3 cm³/mol. The first-order valence-electron chi connectivity index (χ1n) is 7.92. The van der Waals surface area contributed by atoms with Gasteiger partial charge in [0.2, 0.25) is 5.75 Å². The molecule has 0 atom stereocenters. The smallest absolute Gasteiger partial charge is 0.294 e. The zero-order valence-corrected chi connectivity index (χ0v) is 14.3. The van der Waals surface area contributed by atoms with Crippen LogP contribution in [-0.4, -0.2) is 33.4 Å². The Hall–Kier alpha value is -3.23. The first-order chi connectivity index (χ1) is 12.3. The number of halogens is 1. The molecule has 0 aliphatic rings. The summed E-state index contributed by atoms with van der Waals surface area (Å²) in [5, 5.41) is 14.8. The molecular formula is C17H19FN4O4. The van der Waals surface area contributed by atoms with Gasteiger partial charge in [0.25, 0.3) is 17.4 Å². The summed E-state index contributed by atoms with van der Waals surface area (Å²) in [6, 6.07) is 5.43. The molecule has 0 spiro atoms. The number of aromatic hydroxyl groups is 1. The van der Waals surface area contributed by atoms with Crippen LogP contribution in [0.2, 0.25) is 0 Å². The van der Waals surface area contributed by atoms with Crippen LogP contribution in [-0.2, 0) is 6.54 Å². The van der Waals surface area contributed by atoms with E-state index in [0.717, 1.165) is 0 Å². The molecule has 8 nitrogen and oxygen atoms in total. The fourth-order valence-electron chi connectivity index (χ4n) is 1.98. The van der Waals surface area contributed by atoms with E-state index >= 15 is 0 Å². The Morgan fingerprint density at radius 3 is 2.46 bits per heavy atom. The van der Waals surface area contributed by atoms with Gasteiger partial charge in [0.05, 0.1) is 0 Å². The second-order valence-corrected chi connectivity index (χ2v) is 6.02. The first-order valence-corrected chi connectivity index (χ1v) is 7.92. The van der Waals surface area contributed by atoms with Gasteiger partial charge in [-0.2, -0.15) is 0 Å². The zero-order chi connectivity index (χ0) is 19.3. The molecule has 2 aromatic rings. The third kappa shape index (κ3) is 4.88. The Balaban J connectivity index is 2.16. The molecule has 2 rings (SSSR count). The maximum absolute atomic E-state index is 12.9. The number of aromatic amines is 1. The summed E-state index contributed by atoms with van der Waals surface area (Å²) >= 11 is 0. The molecule has 4 N–H and O–H groups in total. The first kappa shape index (κ1) is 19.1. The third-order valence-electron chi connectivity index (χ3n) is 3.36. The second-order valence-electron chi connectivity index (χ2n) is 6.02. The highest BCUT2D eigenvalue weighted by molar-refractivity contribution is 5.97. The predicted octanol–water partition coefficient (Wildman–Crippen LogP) is 0.930. The van der Waals surface area contributed by atoms with E-state index in [1.54, 1.807) is 0 Å². The Morgan fingerprint density at radius 1 is 1.19 bits per heavy atom. The van der Waals surface area contributed by atoms with Crippen LogP contribution in [0, 0.1) is 11.7 Å². The molecule has 138 valence electrons. The molecule has 1 heterocycles. The molecule has 0 saturated carbocycles. The van der Waals surface area contributed by atoms with Gasteiger partial charge in [0, 0.05) is 13.1 Å². The van der Waals surface area contributed by atoms with E-state index in [1.165, 1.54) is 24.3 Å². The van der Waals surface area contributed by atoms with E-state index in [2.05, 4.69) is 20.6 Å². The Kier molecular flexibility index (Phi) is 6.05. The number of H-pyrrole nitrogens is 1. The average Bonchev–Trinajstić information content (AvgIpc) is 2.61. The monoisotopic (exact) mass is 362 g/mol. The van der Waals surface area contributed by atoms with E-state index in [0.29, 0.717) is 12.1 Å². The van der Waals surface area contributed by atoms with Crippen molar-refractivity contribution >= 4 is 11.8 Å². The zero-order valence-electron chi connectivity index (χ0n) is 14.3. The number of hydrogen-bond donors (Lipinski definition) is 4. The Morgan fingerprint density at radius 2 is 1.85 bits per heavy atom. The number of rotatable bonds is 6. The highest BCUT2D eigenvalue weighted by atomic mass is 19.1. The molecule has 0 radical (unpaired) electrons. The number of amides is 2. The van der Waals surface area contributed by atoms with Crippen molar-refractivity contribution in [2.45, 2.75) is 20.4 Å². The largest absolute Gasteiger partial charge is 0.501 e. The van der Waals surface area contributed by atoms with Gasteiger partial charge >= 0.3 is 0 Å². The number of carbonyl (C=O) groups is 2. The normalized spacial score (nSPS) is 10.6. The van der Waals surface area contributed by atoms with Crippen LogP contribution >= 0.6 is 0 Å². The van der Waals surface area contributed by atoms with Gasteiger partial charge in [0.1, 0.15) is 5.82 Å². The quantitative estimate of drug-likeness (QED) is 0.609. The van der Waals surface area contributed by atoms with Crippen LogP contribution in [0.1, 0.15) is 40.5 Å². The van der Waals surface area contributed by atoms with E-state index in [-0.39, 0.29) is 18.3 Å². The lowest BCUT2D eigenvalue weighted by molar-refractivity contribution is 0.0933. The third-order valence-corrected chi connectivity index (χ3v) is 3.36. The number of carbonyl (C=O) groups excluding carboxylic acids is 2. The van der Waals surface area contributed by atoms with Crippen molar-refractivity contribution in [1.29, 1.82) is 0 Å². The molecule has 0 fully saturated rings. The molecule has 9 heteroatoms. The SMILES string of the molecule is CC(C)CNC(=O)c1nc(C(=O)NCc2ccc(F)cc2)c(O)c(=O)[nH]1. The molecular weight excluding hydrogens is 343 g/mol. The number of hydrogen-bond acceptors (Lipinski definition) is 5. The summed E-state index contributed by atoms with van der Waals surface area (Å²) in [4.78, 5) is 41.9. The van der Waals surface area contributed by atoms with E-state index in [1.807, 2.05) is 13.8 Å². The van der Waals surface area contributed by atoms with Crippen molar-refractivity contribution in [2.24, 2.45) is 5.92 Å². The summed E-state index contributed by atoms with van der Waals surface area (Å²) in [7, 11) is 0. The summed E-state index contributed by atoms with van der Waals surface area (Å²) in [5.74, 6) is -2.99. The number of benzene rings is 1. The van der Waals surface area contributed by atoms with E-state index in [9.17, 15) is 23.9 Å². The van der Waals surface area contributed by atoms with Crippen LogP contribution < -0.4 is 16.2 Å². The molecule has 26 heavy (non-hydrogen) atoms. The lowest BCUT2D eigenvalue weighted by Gasteiger charge is -2.09. The average molecular weight is 362 g/mol. The molecule has 0 aliphatic carbocycles. The van der Waals surface area contributed by atoms with E-state index < -0.39 is 34.6 Å². The molecule has 0 saturated heterocycles. The lowest BCUT2D eigenvalue weighted by Crippen LogP contribution is -2.33. The van der Waals surface area contributed by atoms with Crippen molar-refractivity contribution in [2.75, 3.05) is 6.54 Å². The minimum absolute atomic E-state index is 0.0297. The standard InChI is InChI=1S/C17H19FN4O4/c1-9(2)7-19-17(26)14-21-12(13(23)16(25)22-14)15(24)20-8-10-3-5-11(18)6-4-10/h3-6,9,23H,7-8H2,1-2H3,(H,19,26)(H,20,24)(H,21,22,25). The van der Waals surface area contributed by atoms with Gasteiger partial charge in [-0.05, 0) is 23.6 Å². The minimum Gasteiger partial charge on any atom is -0.501 e. The van der Waals surface area contributed by atoms with Crippen molar-refractivity contribution in [3.63, 3.8) is 0 Å². The Labute approximate surface area is 148 Å². The Bertz CT molecular complexity index is 862. The van der Waals surface area contributed by atoms with E-state index in [4.69, 9.17) is 0 Å². The van der Waals surface area contributed by atoms with Gasteiger partial charge in [-0.3, -0.25) is 19.4 Å². The number of aromatic nitrogens is 2. The fourth-order valence-corrected chi connectivity index (χ4v) is 1.98. The van der Waals surface area contributed by atoms with Gasteiger partial charge < -0.3 is 15.7 Å². The summed E-state index contributed by atoms with van der Waals surface area (Å²) in [6.45, 7) is 4.17. The highest BCUT2D eigenvalue weighted by Crippen LogP contribution is 2.09. The summed E-state index contributed by atoms with van der Waals surface area (Å²) in [6.07, 6.45) is 0. The second kappa shape index (κ2) is 8.24. The topological polar surface area (TPSA) is 124 Å². The fraction of sp³-hybridized carbons (Fsp3) is 0.294. The van der Waals surface area contributed by atoms with Crippen molar-refractivity contribution < 1.29 is 19.1 Å². The number of nitrogens with one attached hydrogen (secondary N) is 3. The molecule has 0 unspecified atom stereocenters. The van der Waals surface area contributed by atoms with Crippen molar-refractivity contribution in [3.05, 3.63) is 57.5 Å². The maximum atomic E-state index is 12.9. The van der Waals surface area contributed by atoms with Gasteiger partial charge in [-0.25, -0.2) is 9.37 Å². The van der Waals surface area contributed by atoms with Gasteiger partial charge in [-0.1, -0.05) is 26.0 Å². The molecule has 2 amide bonds. The van der Waals surface area contributed by atoms with Crippen molar-refractivity contribution in [3.8, 4) is 5.75 Å². The van der Waals surface area contributed by atoms with Crippen LogP contribution in [0.3, 0.4) is 0 Å². The highest BCUT2D eigenvalue weighted by Gasteiger charge is 2.20. The number of nitrogens with zero attached hydrogens (tertiary/aromatic N) is 1. The molecule has 1 aromatic heterocycles. The maximum Gasteiger partial charge on any atom is 0.294 e. The van der Waals surface area contributed by atoms with Crippen LogP contribution in [0.15, 0.2) is 29.1 Å². The molecule has 0 aliphatic heterocycles. The van der Waals surface area contributed by atoms with Gasteiger partial charge in [0.15, 0.2) is 11.5 Å². The summed E-state index contributed by atoms with van der Waals surface area (Å²) < 4.78 is 12.9. The van der Waals surface area contributed by atoms with Gasteiger partial charge in [-0.15, -0.1) is 0 Å². The van der Waals surface area contributed by atoms with Crippen LogP contribution in [0.25, 0.3) is 0 Å². The van der Waals surface area contributed by atoms with Crippen LogP contribution in [0.4, 0.5) is 4.39 Å². The van der Waals surface area contributed by atoms with Crippen molar-refractivity contribution in [1.82, 2.24) is 20.6 Å². The molecule has 0 bridgehead atoms. The molecule has 1 aromatic carbocycles. The lowest BCUT2D eigenvalue weighted by atomic mass is 10.2. The summed E-state index contributed by atoms with van der Waals surface area (Å²) in [5.41, 5.74) is -0.953. The minimum atomic E-state index is -0.998.